The number of pyridine rings is 1. The number of rotatable bonds is 5. The summed E-state index contributed by atoms with van der Waals surface area (Å²) < 4.78 is 39.3. The van der Waals surface area contributed by atoms with E-state index in [0.717, 1.165) is 18.3 Å². The van der Waals surface area contributed by atoms with Crippen LogP contribution >= 0.6 is 0 Å². The maximum absolute atomic E-state index is 12.6. The van der Waals surface area contributed by atoms with Gasteiger partial charge in [-0.1, -0.05) is 0 Å². The quantitative estimate of drug-likeness (QED) is 0.500. The molecule has 0 bridgehead atoms. The molecule has 0 spiro atoms. The highest BCUT2D eigenvalue weighted by molar-refractivity contribution is 6.04. The first-order chi connectivity index (χ1) is 14.9. The van der Waals surface area contributed by atoms with E-state index < -0.39 is 17.8 Å². The summed E-state index contributed by atoms with van der Waals surface area (Å²) in [6.45, 7) is 0. The highest BCUT2D eigenvalue weighted by Gasteiger charge is 2.32. The molecule has 31 heavy (non-hydrogen) atoms. The summed E-state index contributed by atoms with van der Waals surface area (Å²) in [7, 11) is 0. The van der Waals surface area contributed by atoms with Gasteiger partial charge in [0, 0.05) is 36.0 Å². The molecule has 0 saturated carbocycles. The van der Waals surface area contributed by atoms with Crippen molar-refractivity contribution in [3.8, 4) is 5.82 Å². The molecule has 0 saturated heterocycles. The van der Waals surface area contributed by atoms with Crippen LogP contribution in [0.5, 0.6) is 0 Å². The van der Waals surface area contributed by atoms with E-state index in [1.165, 1.54) is 6.33 Å². The Kier molecular flexibility index (Phi) is 5.31. The minimum absolute atomic E-state index is 0.0161. The Balaban J connectivity index is 1.40. The highest BCUT2D eigenvalue weighted by Crippen LogP contribution is 2.27. The van der Waals surface area contributed by atoms with Gasteiger partial charge in [-0.25, -0.2) is 14.6 Å². The number of carbonyl (C=O) groups is 1. The number of aromatic nitrogens is 5. The van der Waals surface area contributed by atoms with E-state index in [0.29, 0.717) is 23.0 Å². The molecule has 0 radical (unpaired) electrons. The molecule has 1 aromatic carbocycles. The van der Waals surface area contributed by atoms with E-state index in [1.54, 1.807) is 53.5 Å². The van der Waals surface area contributed by atoms with Gasteiger partial charge in [0.15, 0.2) is 5.82 Å². The van der Waals surface area contributed by atoms with Crippen LogP contribution in [0, 0.1) is 0 Å². The van der Waals surface area contributed by atoms with E-state index in [-0.39, 0.29) is 5.56 Å². The van der Waals surface area contributed by atoms with Gasteiger partial charge in [-0.3, -0.25) is 9.78 Å². The van der Waals surface area contributed by atoms with Gasteiger partial charge in [-0.05, 0) is 42.5 Å². The van der Waals surface area contributed by atoms with Gasteiger partial charge in [-0.2, -0.15) is 18.3 Å². The zero-order valence-corrected chi connectivity index (χ0v) is 15.7. The lowest BCUT2D eigenvalue weighted by Crippen LogP contribution is -2.14. The number of benzene rings is 1. The third-order valence-corrected chi connectivity index (χ3v) is 4.12. The lowest BCUT2D eigenvalue weighted by atomic mass is 10.2. The van der Waals surface area contributed by atoms with Gasteiger partial charge in [0.05, 0.1) is 5.56 Å². The molecule has 1 amide bonds. The molecule has 0 aliphatic rings. The lowest BCUT2D eigenvalue weighted by molar-refractivity contribution is -0.141. The predicted molar refractivity (Wildman–Crippen MR) is 106 cm³/mol. The number of halogens is 3. The van der Waals surface area contributed by atoms with Crippen molar-refractivity contribution in [2.75, 3.05) is 10.6 Å². The SMILES string of the molecule is O=C(Nc1ccc(Nc2cc(-n3cccn3)ncn2)cc1)c1ccc(C(F)(F)F)nc1. The smallest absolute Gasteiger partial charge is 0.340 e. The number of amides is 1. The highest BCUT2D eigenvalue weighted by atomic mass is 19.4. The maximum atomic E-state index is 12.6. The van der Waals surface area contributed by atoms with E-state index in [2.05, 4.69) is 30.7 Å². The number of anilines is 3. The van der Waals surface area contributed by atoms with E-state index in [9.17, 15) is 18.0 Å². The minimum atomic E-state index is -4.55. The van der Waals surface area contributed by atoms with Crippen molar-refractivity contribution >= 4 is 23.1 Å². The summed E-state index contributed by atoms with van der Waals surface area (Å²) >= 11 is 0. The fourth-order valence-corrected chi connectivity index (χ4v) is 2.63. The first-order valence-electron chi connectivity index (χ1n) is 8.92. The van der Waals surface area contributed by atoms with E-state index >= 15 is 0 Å². The minimum Gasteiger partial charge on any atom is -0.340 e. The van der Waals surface area contributed by atoms with Crippen molar-refractivity contribution in [2.45, 2.75) is 6.18 Å². The van der Waals surface area contributed by atoms with Gasteiger partial charge < -0.3 is 10.6 Å². The van der Waals surface area contributed by atoms with Gasteiger partial charge >= 0.3 is 6.18 Å². The second-order valence-electron chi connectivity index (χ2n) is 6.30. The van der Waals surface area contributed by atoms with Crippen molar-refractivity contribution in [3.05, 3.63) is 84.7 Å². The second kappa shape index (κ2) is 8.22. The normalized spacial score (nSPS) is 11.2. The summed E-state index contributed by atoms with van der Waals surface area (Å²) in [6.07, 6.45) is 1.14. The Labute approximate surface area is 173 Å². The van der Waals surface area contributed by atoms with Crippen LogP contribution in [0.2, 0.25) is 0 Å². The molecule has 11 heteroatoms. The van der Waals surface area contributed by atoms with Gasteiger partial charge in [0.1, 0.15) is 17.8 Å². The zero-order chi connectivity index (χ0) is 21.8. The molecule has 0 aliphatic heterocycles. The molecule has 4 aromatic rings. The molecule has 156 valence electrons. The summed E-state index contributed by atoms with van der Waals surface area (Å²) in [5.74, 6) is 0.575. The molecule has 3 aromatic heterocycles. The third-order valence-electron chi connectivity index (χ3n) is 4.12. The van der Waals surface area contributed by atoms with E-state index in [4.69, 9.17) is 0 Å². The lowest BCUT2D eigenvalue weighted by Gasteiger charge is -2.09. The molecule has 4 rings (SSSR count). The average molecular weight is 425 g/mol. The summed E-state index contributed by atoms with van der Waals surface area (Å²) in [6, 6.07) is 12.1. The predicted octanol–water partition coefficient (Wildman–Crippen LogP) is 4.07. The van der Waals surface area contributed by atoms with Gasteiger partial charge in [0.2, 0.25) is 0 Å². The third kappa shape index (κ3) is 4.83. The Morgan fingerprint density at radius 2 is 1.74 bits per heavy atom. The molecular weight excluding hydrogens is 411 g/mol. The Morgan fingerprint density at radius 1 is 0.968 bits per heavy atom. The number of carbonyl (C=O) groups excluding carboxylic acids is 1. The Morgan fingerprint density at radius 3 is 2.39 bits per heavy atom. The van der Waals surface area contributed by atoms with Crippen molar-refractivity contribution in [1.82, 2.24) is 24.7 Å². The number of alkyl halides is 3. The molecule has 2 N–H and O–H groups in total. The fraction of sp³-hybridized carbons (Fsp3) is 0.0500. The van der Waals surface area contributed by atoms with Crippen LogP contribution in [-0.2, 0) is 6.18 Å². The molecule has 0 aliphatic carbocycles. The fourth-order valence-electron chi connectivity index (χ4n) is 2.63. The van der Waals surface area contributed by atoms with Crippen LogP contribution in [-0.4, -0.2) is 30.6 Å². The first kappa shape index (κ1) is 20.0. The number of nitrogens with zero attached hydrogens (tertiary/aromatic N) is 5. The molecule has 0 atom stereocenters. The zero-order valence-electron chi connectivity index (χ0n) is 15.7. The van der Waals surface area contributed by atoms with Crippen LogP contribution in [0.15, 0.2) is 73.4 Å². The Hall–Kier alpha value is -4.28. The molecule has 0 fully saturated rings. The number of hydrogen-bond donors (Lipinski definition) is 2. The number of hydrogen-bond acceptors (Lipinski definition) is 6. The summed E-state index contributed by atoms with van der Waals surface area (Å²) in [5, 5.41) is 9.84. The first-order valence-corrected chi connectivity index (χ1v) is 8.92. The van der Waals surface area contributed by atoms with Crippen molar-refractivity contribution < 1.29 is 18.0 Å². The summed E-state index contributed by atoms with van der Waals surface area (Å²) in [5.41, 5.74) is 0.136. The van der Waals surface area contributed by atoms with Crippen LogP contribution in [0.1, 0.15) is 16.1 Å². The van der Waals surface area contributed by atoms with Crippen LogP contribution in [0.3, 0.4) is 0 Å². The maximum Gasteiger partial charge on any atom is 0.433 e. The molecular formula is C20H14F3N7O. The number of nitrogens with one attached hydrogen (secondary N) is 2. The van der Waals surface area contributed by atoms with Crippen molar-refractivity contribution in [3.63, 3.8) is 0 Å². The molecule has 8 nitrogen and oxygen atoms in total. The van der Waals surface area contributed by atoms with Gasteiger partial charge in [-0.15, -0.1) is 0 Å². The van der Waals surface area contributed by atoms with Gasteiger partial charge in [0.25, 0.3) is 5.91 Å². The topological polar surface area (TPSA) is 97.6 Å². The van der Waals surface area contributed by atoms with E-state index in [1.807, 2.05) is 0 Å². The average Bonchev–Trinajstić information content (AvgIpc) is 3.30. The largest absolute Gasteiger partial charge is 0.433 e. The summed E-state index contributed by atoms with van der Waals surface area (Å²) in [4.78, 5) is 23.8. The molecule has 3 heterocycles. The monoisotopic (exact) mass is 425 g/mol. The molecule has 0 unspecified atom stereocenters. The van der Waals surface area contributed by atoms with Crippen molar-refractivity contribution in [1.29, 1.82) is 0 Å². The Bertz CT molecular complexity index is 1170. The second-order valence-corrected chi connectivity index (χ2v) is 6.30. The van der Waals surface area contributed by atoms with Crippen LogP contribution in [0.25, 0.3) is 5.82 Å². The van der Waals surface area contributed by atoms with Crippen molar-refractivity contribution in [2.24, 2.45) is 0 Å². The standard InChI is InChI=1S/C20H14F3N7O/c21-20(22,23)16-7-2-13(11-24-16)19(31)29-15-5-3-14(4-6-15)28-17-10-18(26-12-25-17)30-9-1-8-27-30/h1-12H,(H,29,31)(H,25,26,28). The van der Waals surface area contributed by atoms with Crippen LogP contribution < -0.4 is 10.6 Å². The van der Waals surface area contributed by atoms with Crippen LogP contribution in [0.4, 0.5) is 30.4 Å².